The van der Waals surface area contributed by atoms with Crippen molar-refractivity contribution in [2.24, 2.45) is 0 Å². The van der Waals surface area contributed by atoms with E-state index < -0.39 is 53.6 Å². The van der Waals surface area contributed by atoms with Crippen molar-refractivity contribution in [1.29, 1.82) is 0 Å². The molecular formula is C108H88F6N12O13. The number of halogens is 6. The number of carboxylic acid groups (broad SMARTS) is 6. The molecule has 1 aliphatic heterocycles. The Kier molecular flexibility index (Phi) is 29.4. The van der Waals surface area contributed by atoms with Crippen LogP contribution in [-0.2, 0) is 24.2 Å². The maximum absolute atomic E-state index is 13.5. The third-order valence-corrected chi connectivity index (χ3v) is 22.5. The second-order valence-corrected chi connectivity index (χ2v) is 32.6. The van der Waals surface area contributed by atoms with Crippen LogP contribution in [0.5, 0.6) is 5.75 Å². The lowest BCUT2D eigenvalue weighted by molar-refractivity contribution is 0.0168. The standard InChI is InChI=1S/3C18H14F2N2O2.C18H14N2O3.2C18H16N2O2/c1-18(19,20)15-6-8-16(9-7-15)22-11-14(10-21-22)12-2-4-13(5-3-12)17(23)24;1-18(19,20)15-6-3-7-16(9-15)22-11-14(10-21-22)12-4-2-5-13(8-12)17(23)24;1-18(19,20)15-5-7-16(8-6-15)22-11-14(10-21-22)12-3-2-4-13(9-12)17(23)24;21-18(22)14-3-1-2-13(8-14)15-10-19-20(11-15)16-5-4-12-6-7-23-17(12)9-16;1-12-3-8-17(9-13(12)2)20-11-16(10-19-20)14-4-6-15(7-5-14)18(21)22;1-12-6-7-17(8-13(12)2)20-11-16(10-19-20)14-4-3-5-15(9-14)18(21)22/h3*2-11H,1H3,(H,23,24);1-5,8-11H,6-7H2,(H,21,22);2*3-11H,1-2H3,(H,21,22). The van der Waals surface area contributed by atoms with E-state index in [1.807, 2.05) is 59.7 Å². The molecule has 1 aliphatic rings. The maximum Gasteiger partial charge on any atom is 0.335 e. The first-order chi connectivity index (χ1) is 66.3. The SMILES string of the molecule is CC(F)(F)c1ccc(-n2cc(-c3ccc(C(=O)O)cc3)cn2)cc1.CC(F)(F)c1ccc(-n2cc(-c3cccc(C(=O)O)c3)cn2)cc1.CC(F)(F)c1cccc(-n2cc(-c3cccc(C(=O)O)c3)cn2)c1.Cc1ccc(-n2cc(-c3ccc(C(=O)O)cc3)cn2)cc1C.Cc1ccc(-n2cc(-c3cccc(C(=O)O)c3)cn2)cc1C.O=C(O)c1cccc(-c2cnn(-c3ccc4c(c3)OCC4)c2)c1. The number of ether oxygens (including phenoxy) is 1. The zero-order valence-electron chi connectivity index (χ0n) is 75.5. The minimum atomic E-state index is -2.93. The Hall–Kier alpha value is -17.9. The molecule has 0 amide bonds. The van der Waals surface area contributed by atoms with E-state index in [0.29, 0.717) is 28.2 Å². The van der Waals surface area contributed by atoms with Crippen LogP contribution >= 0.6 is 0 Å². The van der Waals surface area contributed by atoms with E-state index in [1.54, 1.807) is 220 Å². The summed E-state index contributed by atoms with van der Waals surface area (Å²) in [5, 5.41) is 79.9. The summed E-state index contributed by atoms with van der Waals surface area (Å²) in [4.78, 5) is 66.0. The Balaban J connectivity index is 0.000000133. The average molecular weight is 1880 g/mol. The van der Waals surface area contributed by atoms with Gasteiger partial charge >= 0.3 is 35.8 Å². The summed E-state index contributed by atoms with van der Waals surface area (Å²) < 4.78 is 95.5. The van der Waals surface area contributed by atoms with E-state index in [-0.39, 0.29) is 50.1 Å². The number of hydrogen-bond donors (Lipinski definition) is 6. The molecule has 25 nitrogen and oxygen atoms in total. The van der Waals surface area contributed by atoms with Crippen molar-refractivity contribution in [3.63, 3.8) is 0 Å². The molecule has 6 N–H and O–H groups in total. The number of benzene rings is 12. The van der Waals surface area contributed by atoms with Crippen LogP contribution in [0, 0.1) is 27.7 Å². The first kappa shape index (κ1) is 97.1. The maximum atomic E-state index is 13.5. The van der Waals surface area contributed by atoms with Crippen LogP contribution in [0.15, 0.2) is 347 Å². The van der Waals surface area contributed by atoms with E-state index in [0.717, 1.165) is 112 Å². The third kappa shape index (κ3) is 24.6. The van der Waals surface area contributed by atoms with E-state index in [1.165, 1.54) is 93.2 Å². The van der Waals surface area contributed by atoms with E-state index in [4.69, 9.17) is 35.4 Å². The fourth-order valence-corrected chi connectivity index (χ4v) is 14.4. The quantitative estimate of drug-likeness (QED) is 0.0364. The lowest BCUT2D eigenvalue weighted by atomic mass is 10.1. The number of rotatable bonds is 21. The van der Waals surface area contributed by atoms with Crippen molar-refractivity contribution in [2.75, 3.05) is 6.61 Å². The lowest BCUT2D eigenvalue weighted by Crippen LogP contribution is -2.07. The highest BCUT2D eigenvalue weighted by Crippen LogP contribution is 2.36. The largest absolute Gasteiger partial charge is 0.493 e. The molecule has 0 bridgehead atoms. The second kappa shape index (κ2) is 42.1. The molecule has 18 aromatic rings. The Morgan fingerprint density at radius 2 is 0.525 bits per heavy atom. The Morgan fingerprint density at radius 3 is 0.820 bits per heavy atom. The summed E-state index contributed by atoms with van der Waals surface area (Å²) in [6.45, 7) is 11.6. The molecule has 7 heterocycles. The van der Waals surface area contributed by atoms with Crippen LogP contribution < -0.4 is 4.74 Å². The van der Waals surface area contributed by atoms with Crippen molar-refractivity contribution in [2.45, 2.75) is 72.7 Å². The zero-order chi connectivity index (χ0) is 99.1. The number of alkyl halides is 6. The monoisotopic (exact) mass is 1870 g/mol. The Labute approximate surface area is 791 Å². The van der Waals surface area contributed by atoms with Gasteiger partial charge in [0.1, 0.15) is 5.75 Å². The van der Waals surface area contributed by atoms with Gasteiger partial charge in [0.15, 0.2) is 0 Å². The van der Waals surface area contributed by atoms with Gasteiger partial charge < -0.3 is 35.4 Å². The fraction of sp³-hybridized carbons (Fsp3) is 0.111. The molecule has 0 aliphatic carbocycles. The van der Waals surface area contributed by atoms with Crippen LogP contribution in [0.4, 0.5) is 26.3 Å². The van der Waals surface area contributed by atoms with E-state index in [2.05, 4.69) is 88.6 Å². The number of aromatic nitrogens is 12. The fourth-order valence-electron chi connectivity index (χ4n) is 14.4. The molecule has 0 saturated heterocycles. The van der Waals surface area contributed by atoms with Crippen LogP contribution in [0.25, 0.3) is 101 Å². The number of aromatic carboxylic acids is 6. The first-order valence-electron chi connectivity index (χ1n) is 43.0. The van der Waals surface area contributed by atoms with Gasteiger partial charge in [0.2, 0.25) is 0 Å². The molecule has 0 atom stereocenters. The third-order valence-electron chi connectivity index (χ3n) is 22.5. The molecule has 19 rings (SSSR count). The van der Waals surface area contributed by atoms with Crippen molar-refractivity contribution >= 4 is 35.8 Å². The zero-order valence-corrected chi connectivity index (χ0v) is 75.5. The lowest BCUT2D eigenvalue weighted by Gasteiger charge is -2.11. The van der Waals surface area contributed by atoms with Crippen LogP contribution in [-0.4, -0.2) is 132 Å². The van der Waals surface area contributed by atoms with Crippen molar-refractivity contribution in [3.05, 3.63) is 425 Å². The number of carbonyl (C=O) groups is 6. The van der Waals surface area contributed by atoms with Gasteiger partial charge in [-0.2, -0.15) is 30.6 Å². The van der Waals surface area contributed by atoms with Crippen LogP contribution in [0.2, 0.25) is 0 Å². The summed E-state index contributed by atoms with van der Waals surface area (Å²) in [7, 11) is 0. The average Bonchev–Trinajstić information content (AvgIpc) is 1.77. The minimum absolute atomic E-state index is 0.0529. The van der Waals surface area contributed by atoms with Crippen LogP contribution in [0.1, 0.15) is 127 Å². The highest BCUT2D eigenvalue weighted by molar-refractivity contribution is 5.92. The van der Waals surface area contributed by atoms with Gasteiger partial charge in [-0.25, -0.2) is 83.2 Å². The molecule has 700 valence electrons. The van der Waals surface area contributed by atoms with Crippen molar-refractivity contribution in [3.8, 4) is 107 Å². The normalized spacial score (nSPS) is 11.4. The molecule has 0 spiro atoms. The molecule has 12 aromatic carbocycles. The van der Waals surface area contributed by atoms with Crippen LogP contribution in [0.3, 0.4) is 0 Å². The highest BCUT2D eigenvalue weighted by atomic mass is 19.3. The molecule has 31 heteroatoms. The van der Waals surface area contributed by atoms with Gasteiger partial charge in [0, 0.05) is 121 Å². The number of carboxylic acids is 6. The van der Waals surface area contributed by atoms with Gasteiger partial charge in [-0.15, -0.1) is 0 Å². The van der Waals surface area contributed by atoms with Gasteiger partial charge in [-0.1, -0.05) is 127 Å². The smallest absolute Gasteiger partial charge is 0.335 e. The van der Waals surface area contributed by atoms with Crippen molar-refractivity contribution < 1.29 is 90.5 Å². The molecule has 6 aromatic heterocycles. The molecule has 0 radical (unpaired) electrons. The Bertz CT molecular complexity index is 7510. The summed E-state index contributed by atoms with van der Waals surface area (Å²) in [5.41, 5.74) is 21.9. The summed E-state index contributed by atoms with van der Waals surface area (Å²) in [6.07, 6.45) is 21.9. The molecule has 0 unspecified atom stereocenters. The predicted octanol–water partition coefficient (Wildman–Crippen LogP) is 23.9. The number of nitrogens with zero attached hydrogens (tertiary/aromatic N) is 12. The molecular weight excluding hydrogens is 1790 g/mol. The molecule has 0 fully saturated rings. The van der Waals surface area contributed by atoms with Gasteiger partial charge in [0.25, 0.3) is 17.8 Å². The Morgan fingerprint density at radius 1 is 0.259 bits per heavy atom. The first-order valence-corrected chi connectivity index (χ1v) is 43.0. The highest BCUT2D eigenvalue weighted by Gasteiger charge is 2.28. The summed E-state index contributed by atoms with van der Waals surface area (Å²) in [5.74, 6) is -13.6. The van der Waals surface area contributed by atoms with E-state index in [9.17, 15) is 55.1 Å². The van der Waals surface area contributed by atoms with Crippen molar-refractivity contribution in [1.82, 2.24) is 58.7 Å². The predicted molar refractivity (Wildman–Crippen MR) is 513 cm³/mol. The summed E-state index contributed by atoms with van der Waals surface area (Å²) >= 11 is 0. The second-order valence-electron chi connectivity index (χ2n) is 32.6. The molecule has 139 heavy (non-hydrogen) atoms. The topological polar surface area (TPSA) is 340 Å². The number of aryl methyl sites for hydroxylation is 4. The van der Waals surface area contributed by atoms with Gasteiger partial charge in [-0.05, 0) is 228 Å². The number of fused-ring (bicyclic) bond motifs is 1. The summed E-state index contributed by atoms with van der Waals surface area (Å²) in [6, 6.07) is 76.1. The minimum Gasteiger partial charge on any atom is -0.493 e. The number of hydrogen-bond acceptors (Lipinski definition) is 13. The van der Waals surface area contributed by atoms with Gasteiger partial charge in [0.05, 0.1) is 111 Å². The van der Waals surface area contributed by atoms with Gasteiger partial charge in [-0.3, -0.25) is 0 Å². The molecule has 0 saturated carbocycles. The van der Waals surface area contributed by atoms with E-state index >= 15 is 0 Å².